The molecule has 0 amide bonds. The van der Waals surface area contributed by atoms with E-state index in [1.165, 1.54) is 11.1 Å². The van der Waals surface area contributed by atoms with Gasteiger partial charge in [-0.15, -0.1) is 0 Å². The van der Waals surface area contributed by atoms with Crippen molar-refractivity contribution in [2.75, 3.05) is 0 Å². The molecule has 1 aromatic carbocycles. The summed E-state index contributed by atoms with van der Waals surface area (Å²) in [4.78, 5) is 0. The molecular weight excluding hydrogens is 184 g/mol. The van der Waals surface area contributed by atoms with E-state index in [0.29, 0.717) is 12.6 Å². The number of benzene rings is 1. The van der Waals surface area contributed by atoms with E-state index in [0.717, 1.165) is 0 Å². The molecule has 1 atom stereocenters. The lowest BCUT2D eigenvalue weighted by Gasteiger charge is -2.14. The summed E-state index contributed by atoms with van der Waals surface area (Å²) in [6.07, 6.45) is 4.17. The van der Waals surface area contributed by atoms with Crippen LogP contribution in [0.1, 0.15) is 24.1 Å². The highest BCUT2D eigenvalue weighted by Gasteiger charge is 2.05. The van der Waals surface area contributed by atoms with Crippen molar-refractivity contribution in [3.05, 3.63) is 59.9 Å². The van der Waals surface area contributed by atoms with E-state index < -0.39 is 0 Å². The van der Waals surface area contributed by atoms with Crippen molar-refractivity contribution in [2.45, 2.75) is 19.5 Å². The van der Waals surface area contributed by atoms with Crippen LogP contribution in [0.25, 0.3) is 0 Å². The van der Waals surface area contributed by atoms with Gasteiger partial charge in [0.05, 0.1) is 6.04 Å². The molecule has 0 saturated heterocycles. The summed E-state index contributed by atoms with van der Waals surface area (Å²) < 4.78 is 2.19. The Morgan fingerprint density at radius 1 is 1.13 bits per heavy atom. The second-order valence-electron chi connectivity index (χ2n) is 3.75. The molecule has 0 aliphatic carbocycles. The van der Waals surface area contributed by atoms with Crippen LogP contribution in [0.2, 0.25) is 0 Å². The number of hydrogen-bond donors (Lipinski definition) is 1. The van der Waals surface area contributed by atoms with E-state index in [9.17, 15) is 0 Å². The molecule has 1 heterocycles. The SMILES string of the molecule is CC(c1ccc(CN)cc1)n1cccc1. The van der Waals surface area contributed by atoms with Crippen LogP contribution in [0.5, 0.6) is 0 Å². The summed E-state index contributed by atoms with van der Waals surface area (Å²) in [6, 6.07) is 13.0. The Morgan fingerprint density at radius 3 is 2.27 bits per heavy atom. The average molecular weight is 200 g/mol. The molecule has 15 heavy (non-hydrogen) atoms. The van der Waals surface area contributed by atoms with Crippen LogP contribution in [0, 0.1) is 0 Å². The third-order valence-corrected chi connectivity index (χ3v) is 2.77. The van der Waals surface area contributed by atoms with Crippen molar-refractivity contribution >= 4 is 0 Å². The molecule has 1 unspecified atom stereocenters. The third-order valence-electron chi connectivity index (χ3n) is 2.77. The average Bonchev–Trinajstić information content (AvgIpc) is 2.82. The quantitative estimate of drug-likeness (QED) is 0.811. The molecule has 2 heteroatoms. The van der Waals surface area contributed by atoms with Gasteiger partial charge < -0.3 is 10.3 Å². The smallest absolute Gasteiger partial charge is 0.0551 e. The maximum atomic E-state index is 5.57. The van der Waals surface area contributed by atoms with E-state index in [1.54, 1.807) is 0 Å². The Morgan fingerprint density at radius 2 is 1.73 bits per heavy atom. The molecule has 0 aliphatic rings. The van der Waals surface area contributed by atoms with Gasteiger partial charge in [0, 0.05) is 18.9 Å². The zero-order valence-electron chi connectivity index (χ0n) is 8.93. The topological polar surface area (TPSA) is 30.9 Å². The molecule has 0 fully saturated rings. The first kappa shape index (κ1) is 9.99. The normalized spacial score (nSPS) is 12.7. The molecule has 1 aromatic heterocycles. The minimum atomic E-state index is 0.381. The fraction of sp³-hybridized carbons (Fsp3) is 0.231. The Labute approximate surface area is 90.3 Å². The summed E-state index contributed by atoms with van der Waals surface area (Å²) in [7, 11) is 0. The molecular formula is C13H16N2. The summed E-state index contributed by atoms with van der Waals surface area (Å²) in [6.45, 7) is 2.80. The summed E-state index contributed by atoms with van der Waals surface area (Å²) in [5.74, 6) is 0. The molecule has 0 aliphatic heterocycles. The van der Waals surface area contributed by atoms with Crippen molar-refractivity contribution in [3.8, 4) is 0 Å². The highest BCUT2D eigenvalue weighted by atomic mass is 15.0. The molecule has 0 bridgehead atoms. The van der Waals surface area contributed by atoms with Crippen LogP contribution in [0.4, 0.5) is 0 Å². The first-order chi connectivity index (χ1) is 7.31. The molecule has 2 nitrogen and oxygen atoms in total. The third kappa shape index (κ3) is 2.10. The minimum absolute atomic E-state index is 0.381. The van der Waals surface area contributed by atoms with Gasteiger partial charge in [-0.2, -0.15) is 0 Å². The van der Waals surface area contributed by atoms with E-state index >= 15 is 0 Å². The highest BCUT2D eigenvalue weighted by Crippen LogP contribution is 2.18. The van der Waals surface area contributed by atoms with Crippen LogP contribution in [-0.4, -0.2) is 4.57 Å². The summed E-state index contributed by atoms with van der Waals surface area (Å²) in [5, 5.41) is 0. The van der Waals surface area contributed by atoms with Crippen LogP contribution < -0.4 is 5.73 Å². The Bertz CT molecular complexity index is 401. The van der Waals surface area contributed by atoms with Crippen molar-refractivity contribution in [3.63, 3.8) is 0 Å². The summed E-state index contributed by atoms with van der Waals surface area (Å²) in [5.41, 5.74) is 8.05. The highest BCUT2D eigenvalue weighted by molar-refractivity contribution is 5.25. The first-order valence-corrected chi connectivity index (χ1v) is 5.22. The zero-order valence-corrected chi connectivity index (χ0v) is 8.93. The van der Waals surface area contributed by atoms with E-state index in [1.807, 2.05) is 12.1 Å². The number of aromatic nitrogens is 1. The van der Waals surface area contributed by atoms with Gasteiger partial charge in [-0.25, -0.2) is 0 Å². The van der Waals surface area contributed by atoms with Gasteiger partial charge in [0.15, 0.2) is 0 Å². The van der Waals surface area contributed by atoms with Gasteiger partial charge in [0.25, 0.3) is 0 Å². The van der Waals surface area contributed by atoms with E-state index in [4.69, 9.17) is 5.73 Å². The summed E-state index contributed by atoms with van der Waals surface area (Å²) >= 11 is 0. The Balaban J connectivity index is 2.22. The van der Waals surface area contributed by atoms with Crippen LogP contribution in [0.15, 0.2) is 48.8 Å². The fourth-order valence-electron chi connectivity index (χ4n) is 1.71. The molecule has 0 spiro atoms. The second-order valence-corrected chi connectivity index (χ2v) is 3.75. The van der Waals surface area contributed by atoms with Gasteiger partial charge in [-0.1, -0.05) is 24.3 Å². The number of rotatable bonds is 3. The molecule has 2 aromatic rings. The van der Waals surface area contributed by atoms with Gasteiger partial charge in [-0.05, 0) is 30.2 Å². The molecule has 2 N–H and O–H groups in total. The van der Waals surface area contributed by atoms with E-state index in [2.05, 4.69) is 48.1 Å². The maximum absolute atomic E-state index is 5.57. The van der Waals surface area contributed by atoms with Crippen molar-refractivity contribution in [2.24, 2.45) is 5.73 Å². The largest absolute Gasteiger partial charge is 0.347 e. The number of nitrogens with two attached hydrogens (primary N) is 1. The van der Waals surface area contributed by atoms with Crippen molar-refractivity contribution in [1.29, 1.82) is 0 Å². The Kier molecular flexibility index (Phi) is 2.88. The predicted octanol–water partition coefficient (Wildman–Crippen LogP) is 2.56. The fourth-order valence-corrected chi connectivity index (χ4v) is 1.71. The molecule has 0 radical (unpaired) electrons. The van der Waals surface area contributed by atoms with Gasteiger partial charge in [-0.3, -0.25) is 0 Å². The van der Waals surface area contributed by atoms with Crippen LogP contribution >= 0.6 is 0 Å². The van der Waals surface area contributed by atoms with Crippen molar-refractivity contribution < 1.29 is 0 Å². The minimum Gasteiger partial charge on any atom is -0.347 e. The van der Waals surface area contributed by atoms with Gasteiger partial charge in [0.1, 0.15) is 0 Å². The van der Waals surface area contributed by atoms with E-state index in [-0.39, 0.29) is 0 Å². The number of hydrogen-bond acceptors (Lipinski definition) is 1. The molecule has 78 valence electrons. The standard InChI is InChI=1S/C13H16N2/c1-11(15-8-2-3-9-15)13-6-4-12(10-14)5-7-13/h2-9,11H,10,14H2,1H3. The lowest BCUT2D eigenvalue weighted by Crippen LogP contribution is -2.04. The van der Waals surface area contributed by atoms with Crippen LogP contribution in [-0.2, 0) is 6.54 Å². The Hall–Kier alpha value is -1.54. The lowest BCUT2D eigenvalue weighted by atomic mass is 10.1. The molecule has 0 saturated carbocycles. The van der Waals surface area contributed by atoms with Crippen molar-refractivity contribution in [1.82, 2.24) is 4.57 Å². The maximum Gasteiger partial charge on any atom is 0.0551 e. The van der Waals surface area contributed by atoms with Crippen LogP contribution in [0.3, 0.4) is 0 Å². The first-order valence-electron chi connectivity index (χ1n) is 5.22. The number of nitrogens with zero attached hydrogens (tertiary/aromatic N) is 1. The van der Waals surface area contributed by atoms with Gasteiger partial charge in [0.2, 0.25) is 0 Å². The second kappa shape index (κ2) is 4.32. The zero-order chi connectivity index (χ0) is 10.7. The monoisotopic (exact) mass is 200 g/mol. The predicted molar refractivity (Wildman–Crippen MR) is 62.6 cm³/mol. The molecule has 2 rings (SSSR count). The lowest BCUT2D eigenvalue weighted by molar-refractivity contribution is 0.643. The van der Waals surface area contributed by atoms with Gasteiger partial charge >= 0.3 is 0 Å².